The number of amides is 1. The van der Waals surface area contributed by atoms with Crippen LogP contribution in [0.15, 0.2) is 24.3 Å². The van der Waals surface area contributed by atoms with E-state index in [1.54, 1.807) is 11.0 Å². The van der Waals surface area contributed by atoms with Crippen molar-refractivity contribution in [1.82, 2.24) is 15.1 Å². The van der Waals surface area contributed by atoms with Crippen LogP contribution in [0.25, 0.3) is 11.3 Å². The highest BCUT2D eigenvalue weighted by Gasteiger charge is 2.57. The van der Waals surface area contributed by atoms with Crippen LogP contribution in [0.3, 0.4) is 0 Å². The van der Waals surface area contributed by atoms with Crippen LogP contribution in [0.1, 0.15) is 56.7 Å². The van der Waals surface area contributed by atoms with E-state index in [2.05, 4.69) is 10.2 Å². The summed E-state index contributed by atoms with van der Waals surface area (Å²) in [4.78, 5) is 14.8. The fourth-order valence-corrected chi connectivity index (χ4v) is 4.98. The summed E-state index contributed by atoms with van der Waals surface area (Å²) in [6, 6.07) is 5.35. The van der Waals surface area contributed by atoms with E-state index in [9.17, 15) is 18.0 Å². The third kappa shape index (κ3) is 3.02. The van der Waals surface area contributed by atoms with Crippen molar-refractivity contribution in [3.63, 3.8) is 0 Å². The van der Waals surface area contributed by atoms with Crippen molar-refractivity contribution in [2.75, 3.05) is 13.1 Å². The summed E-state index contributed by atoms with van der Waals surface area (Å²) in [6.45, 7) is 4.56. The standard InChI is InChI=1S/C20H18F3N3O.C2H6/c21-12-5-7-26(10-12)19(27)20-6-4-11(9-20)13-8-16(24-25-18(13)20)17-14(22)2-1-3-15(17)23;1-2/h1-3,8,11-12H,4-7,9-10H2;1-2H3/t11-,12?,20-;/m0./s1. The molecule has 0 N–H and O–H groups in total. The van der Waals surface area contributed by atoms with Crippen LogP contribution in [0, 0.1) is 11.6 Å². The van der Waals surface area contributed by atoms with Crippen LogP contribution in [-0.4, -0.2) is 40.3 Å². The Morgan fingerprint density at radius 3 is 2.55 bits per heavy atom. The van der Waals surface area contributed by atoms with Gasteiger partial charge < -0.3 is 4.90 Å². The normalized spacial score (nSPS) is 26.9. The summed E-state index contributed by atoms with van der Waals surface area (Å²) in [5.41, 5.74) is 0.633. The number of nitrogens with zero attached hydrogens (tertiary/aromatic N) is 3. The maximum Gasteiger partial charge on any atom is 0.235 e. The van der Waals surface area contributed by atoms with E-state index in [0.29, 0.717) is 31.5 Å². The first kappa shape index (κ1) is 19.9. The Hall–Kier alpha value is -2.44. The number of rotatable bonds is 2. The van der Waals surface area contributed by atoms with Gasteiger partial charge in [0.2, 0.25) is 5.91 Å². The number of fused-ring (bicyclic) bond motifs is 5. The Morgan fingerprint density at radius 1 is 1.17 bits per heavy atom. The summed E-state index contributed by atoms with van der Waals surface area (Å²) in [5, 5.41) is 8.31. The lowest BCUT2D eigenvalue weighted by molar-refractivity contribution is -0.136. The molecule has 2 aliphatic carbocycles. The Bertz CT molecular complexity index is 931. The highest BCUT2D eigenvalue weighted by Crippen LogP contribution is 2.57. The lowest BCUT2D eigenvalue weighted by Gasteiger charge is -2.30. The molecule has 1 amide bonds. The van der Waals surface area contributed by atoms with Crippen LogP contribution in [0.4, 0.5) is 13.2 Å². The summed E-state index contributed by atoms with van der Waals surface area (Å²) in [5.74, 6) is -1.34. The predicted molar refractivity (Wildman–Crippen MR) is 103 cm³/mol. The van der Waals surface area contributed by atoms with Crippen LogP contribution in [0.5, 0.6) is 0 Å². The number of carbonyl (C=O) groups excluding carboxylic acids is 1. The molecule has 4 nitrogen and oxygen atoms in total. The highest BCUT2D eigenvalue weighted by atomic mass is 19.1. The molecule has 5 rings (SSSR count). The van der Waals surface area contributed by atoms with Gasteiger partial charge >= 0.3 is 0 Å². The highest BCUT2D eigenvalue weighted by molar-refractivity contribution is 5.90. The van der Waals surface area contributed by atoms with Gasteiger partial charge in [0.05, 0.1) is 28.9 Å². The smallest absolute Gasteiger partial charge is 0.235 e. The second-order valence-corrected chi connectivity index (χ2v) is 7.79. The van der Waals surface area contributed by atoms with E-state index in [-0.39, 0.29) is 29.6 Å². The summed E-state index contributed by atoms with van der Waals surface area (Å²) in [7, 11) is 0. The first-order valence-electron chi connectivity index (χ1n) is 10.3. The van der Waals surface area contributed by atoms with Gasteiger partial charge in [0.1, 0.15) is 17.8 Å². The monoisotopic (exact) mass is 403 g/mol. The first-order chi connectivity index (χ1) is 14.0. The van der Waals surface area contributed by atoms with Gasteiger partial charge in [-0.2, -0.15) is 5.10 Å². The molecule has 154 valence electrons. The van der Waals surface area contributed by atoms with Gasteiger partial charge in [0.15, 0.2) is 0 Å². The topological polar surface area (TPSA) is 46.1 Å². The van der Waals surface area contributed by atoms with E-state index < -0.39 is 23.2 Å². The van der Waals surface area contributed by atoms with Gasteiger partial charge in [0, 0.05) is 6.54 Å². The van der Waals surface area contributed by atoms with Crippen molar-refractivity contribution in [2.45, 2.75) is 57.0 Å². The lowest BCUT2D eigenvalue weighted by atomic mass is 9.81. The molecule has 1 aromatic carbocycles. The van der Waals surface area contributed by atoms with E-state index in [0.717, 1.165) is 12.0 Å². The average Bonchev–Trinajstić information content (AvgIpc) is 3.43. The van der Waals surface area contributed by atoms with Gasteiger partial charge in [-0.3, -0.25) is 4.79 Å². The summed E-state index contributed by atoms with van der Waals surface area (Å²) in [6.07, 6.45) is 1.50. The van der Waals surface area contributed by atoms with Crippen LogP contribution in [-0.2, 0) is 10.2 Å². The third-order valence-electron chi connectivity index (χ3n) is 6.28. The van der Waals surface area contributed by atoms with Crippen molar-refractivity contribution in [2.24, 2.45) is 0 Å². The molecular weight excluding hydrogens is 379 g/mol. The van der Waals surface area contributed by atoms with E-state index >= 15 is 0 Å². The number of carbonyl (C=O) groups is 1. The predicted octanol–water partition coefficient (Wildman–Crippen LogP) is 4.54. The SMILES string of the molecule is CC.O=C(N1CCC(F)C1)[C@@]12CC[C@@H](C1)c1cc(-c3c(F)cccc3F)nnc12. The van der Waals surface area contributed by atoms with Crippen LogP contribution < -0.4 is 0 Å². The van der Waals surface area contributed by atoms with E-state index in [1.807, 2.05) is 13.8 Å². The molecule has 1 aliphatic heterocycles. The molecule has 1 saturated heterocycles. The average molecular weight is 403 g/mol. The molecule has 3 aliphatic rings. The van der Waals surface area contributed by atoms with Crippen molar-refractivity contribution in [1.29, 1.82) is 0 Å². The molecule has 2 heterocycles. The van der Waals surface area contributed by atoms with Gasteiger partial charge in [-0.25, -0.2) is 13.2 Å². The van der Waals surface area contributed by atoms with Crippen LogP contribution >= 0.6 is 0 Å². The minimum atomic E-state index is -0.971. The largest absolute Gasteiger partial charge is 0.339 e. The van der Waals surface area contributed by atoms with Crippen molar-refractivity contribution in [3.05, 3.63) is 47.2 Å². The molecule has 29 heavy (non-hydrogen) atoms. The quantitative estimate of drug-likeness (QED) is 0.740. The van der Waals surface area contributed by atoms with Gasteiger partial charge in [-0.05, 0) is 55.4 Å². The Labute approximate surface area is 168 Å². The zero-order chi connectivity index (χ0) is 20.8. The zero-order valence-electron chi connectivity index (χ0n) is 16.6. The summed E-state index contributed by atoms with van der Waals surface area (Å²) < 4.78 is 41.8. The van der Waals surface area contributed by atoms with Gasteiger partial charge in [0.25, 0.3) is 0 Å². The fourth-order valence-electron chi connectivity index (χ4n) is 4.98. The molecule has 0 spiro atoms. The maximum absolute atomic E-state index is 14.1. The number of likely N-dealkylation sites (tertiary alicyclic amines) is 1. The molecule has 2 aromatic rings. The van der Waals surface area contributed by atoms with Crippen molar-refractivity contribution >= 4 is 5.91 Å². The van der Waals surface area contributed by atoms with Crippen molar-refractivity contribution in [3.8, 4) is 11.3 Å². The molecule has 2 fully saturated rings. The number of benzene rings is 1. The minimum Gasteiger partial charge on any atom is -0.339 e. The first-order valence-corrected chi connectivity index (χ1v) is 10.3. The number of hydrogen-bond donors (Lipinski definition) is 0. The molecular formula is C22H24F3N3O. The summed E-state index contributed by atoms with van der Waals surface area (Å²) >= 11 is 0. The molecule has 7 heteroatoms. The molecule has 1 unspecified atom stereocenters. The Balaban J connectivity index is 0.000000994. The zero-order valence-corrected chi connectivity index (χ0v) is 16.6. The van der Waals surface area contributed by atoms with Gasteiger partial charge in [-0.15, -0.1) is 5.10 Å². The van der Waals surface area contributed by atoms with Gasteiger partial charge in [-0.1, -0.05) is 19.9 Å². The fraction of sp³-hybridized carbons (Fsp3) is 0.500. The lowest BCUT2D eigenvalue weighted by Crippen LogP contribution is -2.44. The second kappa shape index (κ2) is 7.43. The molecule has 1 saturated carbocycles. The Morgan fingerprint density at radius 2 is 1.90 bits per heavy atom. The minimum absolute atomic E-state index is 0.0805. The van der Waals surface area contributed by atoms with E-state index in [1.165, 1.54) is 18.2 Å². The Kier molecular flexibility index (Phi) is 5.09. The third-order valence-corrected chi connectivity index (χ3v) is 6.28. The molecule has 1 aromatic heterocycles. The molecule has 3 atom stereocenters. The number of halogens is 3. The maximum atomic E-state index is 14.1. The second-order valence-electron chi connectivity index (χ2n) is 7.79. The molecule has 2 bridgehead atoms. The van der Waals surface area contributed by atoms with E-state index in [4.69, 9.17) is 0 Å². The number of alkyl halides is 1. The van der Waals surface area contributed by atoms with Crippen molar-refractivity contribution < 1.29 is 18.0 Å². The number of hydrogen-bond acceptors (Lipinski definition) is 3. The number of aromatic nitrogens is 2. The molecule has 0 radical (unpaired) electrons. The van der Waals surface area contributed by atoms with Crippen LogP contribution in [0.2, 0.25) is 0 Å².